The Kier molecular flexibility index (Phi) is 6.29. The molecular weight excluding hydrogens is 392 g/mol. The van der Waals surface area contributed by atoms with E-state index in [2.05, 4.69) is 5.32 Å². The smallest absolute Gasteiger partial charge is 0.251 e. The Morgan fingerprint density at radius 2 is 1.65 bits per heavy atom. The summed E-state index contributed by atoms with van der Waals surface area (Å²) in [4.78, 5) is 27.0. The first-order valence-electron chi connectivity index (χ1n) is 10.1. The van der Waals surface area contributed by atoms with Gasteiger partial charge >= 0.3 is 0 Å². The van der Waals surface area contributed by atoms with Gasteiger partial charge in [-0.25, -0.2) is 0 Å². The van der Waals surface area contributed by atoms with Crippen LogP contribution < -0.4 is 15.0 Å². The monoisotopic (exact) mass is 416 g/mol. The third kappa shape index (κ3) is 4.92. The first kappa shape index (κ1) is 20.6. The van der Waals surface area contributed by atoms with E-state index in [9.17, 15) is 9.59 Å². The molecule has 1 fully saturated rings. The summed E-state index contributed by atoms with van der Waals surface area (Å²) in [5, 5.41) is 2.99. The molecule has 1 saturated heterocycles. The van der Waals surface area contributed by atoms with Crippen LogP contribution in [-0.2, 0) is 16.1 Å². The number of hydrogen-bond donors (Lipinski definition) is 1. The zero-order valence-electron chi connectivity index (χ0n) is 17.3. The molecule has 6 nitrogen and oxygen atoms in total. The fourth-order valence-electron chi connectivity index (χ4n) is 3.66. The highest BCUT2D eigenvalue weighted by Gasteiger charge is 2.32. The van der Waals surface area contributed by atoms with Crippen LogP contribution in [0.1, 0.15) is 22.3 Å². The normalized spacial score (nSPS) is 15.7. The molecule has 31 heavy (non-hydrogen) atoms. The molecule has 3 aromatic rings. The van der Waals surface area contributed by atoms with E-state index in [-0.39, 0.29) is 24.3 Å². The first-order chi connectivity index (χ1) is 15.1. The molecule has 1 heterocycles. The number of ether oxygens (including phenoxy) is 2. The lowest BCUT2D eigenvalue weighted by Gasteiger charge is -2.18. The number of carbonyl (C=O) groups is 2. The second kappa shape index (κ2) is 9.45. The minimum atomic E-state index is -0.254. The summed E-state index contributed by atoms with van der Waals surface area (Å²) in [6.45, 7) is 0.784. The number of amides is 2. The van der Waals surface area contributed by atoms with E-state index >= 15 is 0 Å². The summed E-state index contributed by atoms with van der Waals surface area (Å²) in [5.41, 5.74) is 2.16. The maximum absolute atomic E-state index is 12.8. The zero-order valence-corrected chi connectivity index (χ0v) is 17.3. The van der Waals surface area contributed by atoms with E-state index in [0.29, 0.717) is 24.5 Å². The number of benzene rings is 3. The molecule has 0 aliphatic carbocycles. The van der Waals surface area contributed by atoms with Crippen molar-refractivity contribution in [2.45, 2.75) is 19.1 Å². The van der Waals surface area contributed by atoms with Crippen LogP contribution >= 0.6 is 0 Å². The highest BCUT2D eigenvalue weighted by molar-refractivity contribution is 5.99. The fraction of sp³-hybridized carbons (Fsp3) is 0.200. The molecule has 0 saturated carbocycles. The maximum atomic E-state index is 12.8. The van der Waals surface area contributed by atoms with Crippen LogP contribution in [0.3, 0.4) is 0 Å². The van der Waals surface area contributed by atoms with Gasteiger partial charge in [-0.1, -0.05) is 36.4 Å². The number of carbonyl (C=O) groups excluding carboxylic acids is 2. The van der Waals surface area contributed by atoms with Gasteiger partial charge in [0.1, 0.15) is 11.5 Å². The van der Waals surface area contributed by atoms with Crippen molar-refractivity contribution in [3.8, 4) is 11.5 Å². The third-order valence-corrected chi connectivity index (χ3v) is 5.15. The molecule has 0 bridgehead atoms. The molecule has 1 aliphatic rings. The van der Waals surface area contributed by atoms with Gasteiger partial charge in [0, 0.05) is 31.3 Å². The van der Waals surface area contributed by atoms with Crippen LogP contribution in [0.4, 0.5) is 5.69 Å². The van der Waals surface area contributed by atoms with Crippen LogP contribution in [0.25, 0.3) is 0 Å². The van der Waals surface area contributed by atoms with Crippen LogP contribution in [0, 0.1) is 0 Å². The minimum absolute atomic E-state index is 0.0211. The number of nitrogens with zero attached hydrogens (tertiary/aromatic N) is 1. The molecule has 3 aromatic carbocycles. The molecule has 1 unspecified atom stereocenters. The summed E-state index contributed by atoms with van der Waals surface area (Å²) in [6.07, 6.45) is 0.264. The van der Waals surface area contributed by atoms with Crippen molar-refractivity contribution in [2.75, 3.05) is 18.6 Å². The average Bonchev–Trinajstić information content (AvgIpc) is 3.15. The van der Waals surface area contributed by atoms with E-state index in [1.54, 1.807) is 18.1 Å². The second-order valence-electron chi connectivity index (χ2n) is 7.38. The van der Waals surface area contributed by atoms with Crippen molar-refractivity contribution < 1.29 is 19.1 Å². The average molecular weight is 416 g/mol. The number of hydrogen-bond acceptors (Lipinski definition) is 4. The standard InChI is InChI=1S/C25H24N2O4/c1-30-17-18-7-5-6-10-23(18)25(29)26-19-15-24(28)27(16-19)20-11-13-22(14-12-20)31-21-8-3-2-4-9-21/h2-14,19H,15-17H2,1H3,(H,26,29). The first-order valence-corrected chi connectivity index (χ1v) is 10.1. The van der Waals surface area contributed by atoms with Crippen LogP contribution in [0.5, 0.6) is 11.5 Å². The Hall–Kier alpha value is -3.64. The Morgan fingerprint density at radius 3 is 2.39 bits per heavy atom. The largest absolute Gasteiger partial charge is 0.457 e. The Balaban J connectivity index is 1.40. The fourth-order valence-corrected chi connectivity index (χ4v) is 3.66. The zero-order chi connectivity index (χ0) is 21.6. The molecular formula is C25H24N2O4. The van der Waals surface area contributed by atoms with Crippen LogP contribution in [0.15, 0.2) is 78.9 Å². The molecule has 158 valence electrons. The number of nitrogens with one attached hydrogen (secondary N) is 1. The van der Waals surface area contributed by atoms with Crippen molar-refractivity contribution >= 4 is 17.5 Å². The highest BCUT2D eigenvalue weighted by Crippen LogP contribution is 2.27. The lowest BCUT2D eigenvalue weighted by Crippen LogP contribution is -2.37. The quantitative estimate of drug-likeness (QED) is 0.628. The summed E-state index contributed by atoms with van der Waals surface area (Å²) < 4.78 is 11.0. The Bertz CT molecular complexity index is 1050. The van der Waals surface area contributed by atoms with Gasteiger partial charge in [-0.05, 0) is 48.0 Å². The van der Waals surface area contributed by atoms with Gasteiger partial charge in [-0.15, -0.1) is 0 Å². The highest BCUT2D eigenvalue weighted by atomic mass is 16.5. The van der Waals surface area contributed by atoms with Gasteiger partial charge in [0.05, 0.1) is 12.6 Å². The molecule has 1 N–H and O–H groups in total. The molecule has 0 spiro atoms. The number of para-hydroxylation sites is 1. The van der Waals surface area contributed by atoms with Crippen molar-refractivity contribution in [1.29, 1.82) is 0 Å². The second-order valence-corrected chi connectivity index (χ2v) is 7.38. The van der Waals surface area contributed by atoms with Crippen molar-refractivity contribution in [1.82, 2.24) is 5.32 Å². The van der Waals surface area contributed by atoms with Gasteiger partial charge in [-0.2, -0.15) is 0 Å². The SMILES string of the molecule is COCc1ccccc1C(=O)NC1CC(=O)N(c2ccc(Oc3ccccc3)cc2)C1. The molecule has 2 amide bonds. The summed E-state index contributed by atoms with van der Waals surface area (Å²) in [5.74, 6) is 1.23. The van der Waals surface area contributed by atoms with E-state index in [1.165, 1.54) is 0 Å². The van der Waals surface area contributed by atoms with Gasteiger partial charge in [-0.3, -0.25) is 9.59 Å². The molecule has 1 atom stereocenters. The summed E-state index contributed by atoms with van der Waals surface area (Å²) in [7, 11) is 1.60. The van der Waals surface area contributed by atoms with Gasteiger partial charge in [0.2, 0.25) is 5.91 Å². The predicted molar refractivity (Wildman–Crippen MR) is 118 cm³/mol. The summed E-state index contributed by atoms with van der Waals surface area (Å²) in [6, 6.07) is 24.0. The maximum Gasteiger partial charge on any atom is 0.251 e. The molecule has 4 rings (SSSR count). The minimum Gasteiger partial charge on any atom is -0.457 e. The third-order valence-electron chi connectivity index (χ3n) is 5.15. The van der Waals surface area contributed by atoms with Gasteiger partial charge in [0.15, 0.2) is 0 Å². The van der Waals surface area contributed by atoms with E-state index in [1.807, 2.05) is 72.8 Å². The predicted octanol–water partition coefficient (Wildman–Crippen LogP) is 4.16. The van der Waals surface area contributed by atoms with Crippen LogP contribution in [-0.4, -0.2) is 31.5 Å². The topological polar surface area (TPSA) is 67.9 Å². The van der Waals surface area contributed by atoms with E-state index in [4.69, 9.17) is 9.47 Å². The number of methoxy groups -OCH3 is 1. The van der Waals surface area contributed by atoms with Crippen LogP contribution in [0.2, 0.25) is 0 Å². The van der Waals surface area contributed by atoms with Crippen molar-refractivity contribution in [3.63, 3.8) is 0 Å². The number of rotatable bonds is 7. The molecule has 0 aromatic heterocycles. The Morgan fingerprint density at radius 1 is 0.968 bits per heavy atom. The molecule has 1 aliphatic heterocycles. The Labute approximate surface area is 181 Å². The lowest BCUT2D eigenvalue weighted by atomic mass is 10.1. The van der Waals surface area contributed by atoms with E-state index in [0.717, 1.165) is 17.0 Å². The van der Waals surface area contributed by atoms with Gasteiger partial charge < -0.3 is 19.7 Å². The van der Waals surface area contributed by atoms with E-state index < -0.39 is 0 Å². The number of anilines is 1. The van der Waals surface area contributed by atoms with Gasteiger partial charge in [0.25, 0.3) is 5.91 Å². The van der Waals surface area contributed by atoms with Crippen molar-refractivity contribution in [2.24, 2.45) is 0 Å². The lowest BCUT2D eigenvalue weighted by molar-refractivity contribution is -0.117. The molecule has 6 heteroatoms. The summed E-state index contributed by atoms with van der Waals surface area (Å²) >= 11 is 0. The molecule has 0 radical (unpaired) electrons. The van der Waals surface area contributed by atoms with Crippen molar-refractivity contribution in [3.05, 3.63) is 90.0 Å².